The molecule has 1 aliphatic carbocycles. The zero-order valence-electron chi connectivity index (χ0n) is 19.7. The molecule has 0 fully saturated rings. The predicted molar refractivity (Wildman–Crippen MR) is 130 cm³/mol. The molecule has 0 radical (unpaired) electrons. The van der Waals surface area contributed by atoms with Crippen LogP contribution in [0.15, 0.2) is 66.7 Å². The van der Waals surface area contributed by atoms with E-state index in [1.807, 2.05) is 30.3 Å². The average molecular weight is 519 g/mol. The minimum Gasteiger partial charge on any atom is -0.492 e. The number of nitrogens with zero attached hydrogens (tertiary/aromatic N) is 2. The van der Waals surface area contributed by atoms with Crippen molar-refractivity contribution in [2.24, 2.45) is 0 Å². The summed E-state index contributed by atoms with van der Waals surface area (Å²) in [4.78, 5) is 58.1. The number of carbonyl (C=O) groups excluding carboxylic acids is 4. The number of nitrogens with one attached hydrogen (secondary N) is 1. The summed E-state index contributed by atoms with van der Waals surface area (Å²) in [7, 11) is 0. The van der Waals surface area contributed by atoms with E-state index in [1.165, 1.54) is 0 Å². The highest BCUT2D eigenvalue weighted by molar-refractivity contribution is 6.13. The number of fused-ring (bicyclic) bond motifs is 3. The Bertz CT molecular complexity index is 1440. The summed E-state index contributed by atoms with van der Waals surface area (Å²) in [5, 5.41) is 21.9. The zero-order valence-corrected chi connectivity index (χ0v) is 19.7. The molecule has 5 rings (SSSR count). The Kier molecular flexibility index (Phi) is 6.44. The number of aromatic hydroxyl groups is 2. The Balaban J connectivity index is 1.25. The molecule has 0 saturated carbocycles. The monoisotopic (exact) mass is 519 g/mol. The molecule has 12 heteroatoms. The van der Waals surface area contributed by atoms with Gasteiger partial charge in [-0.2, -0.15) is 14.7 Å². The molecule has 0 bridgehead atoms. The first kappa shape index (κ1) is 24.4. The lowest BCUT2D eigenvalue weighted by atomic mass is 9.97. The minimum atomic E-state index is -1.20. The summed E-state index contributed by atoms with van der Waals surface area (Å²) in [5.41, 5.74) is 4.04. The quantitative estimate of drug-likeness (QED) is 0.176. The summed E-state index contributed by atoms with van der Waals surface area (Å²) in [6.45, 7) is -0.161. The maximum Gasteiger partial charge on any atom is 0.551 e. The lowest BCUT2D eigenvalue weighted by molar-refractivity contribution is -0.259. The maximum atomic E-state index is 12.5. The third kappa shape index (κ3) is 4.74. The van der Waals surface area contributed by atoms with Crippen LogP contribution in [0.5, 0.6) is 11.8 Å². The van der Waals surface area contributed by atoms with Gasteiger partial charge in [-0.25, -0.2) is 0 Å². The fourth-order valence-electron chi connectivity index (χ4n) is 4.38. The van der Waals surface area contributed by atoms with E-state index in [9.17, 15) is 29.4 Å². The van der Waals surface area contributed by atoms with Gasteiger partial charge in [-0.3, -0.25) is 19.3 Å². The minimum absolute atomic E-state index is 0.0356. The Labute approximate surface area is 215 Å². The molecule has 3 aromatic rings. The van der Waals surface area contributed by atoms with E-state index in [2.05, 4.69) is 15.2 Å². The second-order valence-electron chi connectivity index (χ2n) is 8.46. The van der Waals surface area contributed by atoms with E-state index in [4.69, 9.17) is 4.74 Å². The number of aromatic nitrogens is 1. The summed E-state index contributed by atoms with van der Waals surface area (Å²) in [5.74, 6) is -2.64. The van der Waals surface area contributed by atoms with Crippen molar-refractivity contribution < 1.29 is 44.0 Å². The molecule has 3 amide bonds. The van der Waals surface area contributed by atoms with Crippen LogP contribution in [0, 0.1) is 0 Å². The molecule has 194 valence electrons. The van der Waals surface area contributed by atoms with Crippen LogP contribution < -0.4 is 10.3 Å². The number of carbonyl (C=O) groups is 4. The SMILES string of the molecule is O=C(CCN1C(=O)C=CC1=O)Nc1ccc2c(c1)C(COC(=O)OOn1c(O)ccc1O)c1ccccc1-2. The Morgan fingerprint density at radius 2 is 1.58 bits per heavy atom. The number of anilines is 1. The molecule has 1 aliphatic heterocycles. The Morgan fingerprint density at radius 1 is 0.895 bits per heavy atom. The van der Waals surface area contributed by atoms with Crippen LogP contribution in [0.4, 0.5) is 10.5 Å². The van der Waals surface area contributed by atoms with Crippen molar-refractivity contribution in [1.29, 1.82) is 0 Å². The van der Waals surface area contributed by atoms with Crippen LogP contribution in [0.1, 0.15) is 23.5 Å². The lowest BCUT2D eigenvalue weighted by Crippen LogP contribution is -2.33. The Morgan fingerprint density at radius 3 is 2.32 bits per heavy atom. The van der Waals surface area contributed by atoms with Crippen molar-refractivity contribution in [1.82, 2.24) is 9.63 Å². The van der Waals surface area contributed by atoms with Crippen molar-refractivity contribution in [2.45, 2.75) is 12.3 Å². The van der Waals surface area contributed by atoms with Crippen molar-refractivity contribution in [3.05, 3.63) is 77.9 Å². The third-order valence-electron chi connectivity index (χ3n) is 6.15. The number of amides is 3. The van der Waals surface area contributed by atoms with Gasteiger partial charge in [0.05, 0.1) is 0 Å². The smallest absolute Gasteiger partial charge is 0.492 e. The van der Waals surface area contributed by atoms with Gasteiger partial charge in [0.1, 0.15) is 6.61 Å². The molecular formula is C26H21N3O9. The van der Waals surface area contributed by atoms with Crippen molar-refractivity contribution >= 4 is 29.6 Å². The van der Waals surface area contributed by atoms with E-state index in [-0.39, 0.29) is 31.4 Å². The molecule has 1 atom stereocenters. The molecule has 1 unspecified atom stereocenters. The molecule has 12 nitrogen and oxygen atoms in total. The van der Waals surface area contributed by atoms with E-state index in [1.54, 1.807) is 12.1 Å². The van der Waals surface area contributed by atoms with Gasteiger partial charge in [0.15, 0.2) is 0 Å². The molecule has 2 aromatic carbocycles. The molecular weight excluding hydrogens is 498 g/mol. The topological polar surface area (TPSA) is 157 Å². The normalized spacial score (nSPS) is 15.3. The molecule has 38 heavy (non-hydrogen) atoms. The zero-order chi connectivity index (χ0) is 26.8. The van der Waals surface area contributed by atoms with Gasteiger partial charge in [0.25, 0.3) is 11.8 Å². The Hall–Kier alpha value is -5.26. The van der Waals surface area contributed by atoms with Crippen LogP contribution in [0.25, 0.3) is 11.1 Å². The average Bonchev–Trinajstić information content (AvgIpc) is 3.52. The highest BCUT2D eigenvalue weighted by Crippen LogP contribution is 2.45. The van der Waals surface area contributed by atoms with Gasteiger partial charge in [-0.1, -0.05) is 35.1 Å². The number of hydrogen-bond acceptors (Lipinski definition) is 9. The fraction of sp³-hybridized carbons (Fsp3) is 0.154. The van der Waals surface area contributed by atoms with Crippen LogP contribution in [-0.4, -0.2) is 56.9 Å². The molecule has 0 saturated heterocycles. The van der Waals surface area contributed by atoms with Crippen LogP contribution in [-0.2, 0) is 24.0 Å². The van der Waals surface area contributed by atoms with Gasteiger partial charge < -0.3 is 20.3 Å². The van der Waals surface area contributed by atoms with Gasteiger partial charge in [0.2, 0.25) is 17.7 Å². The molecule has 0 spiro atoms. The van der Waals surface area contributed by atoms with Crippen LogP contribution in [0.3, 0.4) is 0 Å². The molecule has 1 aromatic heterocycles. The standard InChI is InChI=1S/C26H21N3O9/c30-21(11-12-28-22(31)7-8-23(28)32)27-15-5-6-18-16-3-1-2-4-17(16)20(19(18)13-15)14-36-26(35)37-38-29-24(33)9-10-25(29)34/h1-10,13,20,33-34H,11-12,14H2,(H,27,30). The maximum absolute atomic E-state index is 12.5. The number of hydrogen-bond donors (Lipinski definition) is 3. The predicted octanol–water partition coefficient (Wildman–Crippen LogP) is 2.46. The number of imide groups is 1. The van der Waals surface area contributed by atoms with Crippen molar-refractivity contribution in [3.8, 4) is 22.9 Å². The van der Waals surface area contributed by atoms with E-state index in [0.717, 1.165) is 51.4 Å². The summed E-state index contributed by atoms with van der Waals surface area (Å²) < 4.78 is 5.72. The van der Waals surface area contributed by atoms with Gasteiger partial charge in [-0.15, -0.1) is 0 Å². The molecule has 3 N–H and O–H groups in total. The molecule has 2 aliphatic rings. The van der Waals surface area contributed by atoms with E-state index >= 15 is 0 Å². The third-order valence-corrected chi connectivity index (χ3v) is 6.15. The summed E-state index contributed by atoms with van der Waals surface area (Å²) in [6, 6.07) is 15.2. The highest BCUT2D eigenvalue weighted by atomic mass is 17.3. The lowest BCUT2D eigenvalue weighted by Gasteiger charge is -2.15. The first-order valence-corrected chi connectivity index (χ1v) is 11.5. The van der Waals surface area contributed by atoms with Crippen LogP contribution >= 0.6 is 0 Å². The number of rotatable bonds is 8. The first-order chi connectivity index (χ1) is 18.3. The van der Waals surface area contributed by atoms with Gasteiger partial charge in [0, 0.05) is 48.9 Å². The second kappa shape index (κ2) is 10.0. The summed E-state index contributed by atoms with van der Waals surface area (Å²) in [6.07, 6.45) is 1.06. The summed E-state index contributed by atoms with van der Waals surface area (Å²) >= 11 is 0. The molecule has 2 heterocycles. The number of ether oxygens (including phenoxy) is 1. The van der Waals surface area contributed by atoms with Crippen molar-refractivity contribution in [3.63, 3.8) is 0 Å². The van der Waals surface area contributed by atoms with E-state index in [0.29, 0.717) is 10.4 Å². The fourth-order valence-corrected chi connectivity index (χ4v) is 4.38. The highest BCUT2D eigenvalue weighted by Gasteiger charge is 2.30. The van der Waals surface area contributed by atoms with Crippen molar-refractivity contribution in [2.75, 3.05) is 18.5 Å². The number of benzene rings is 2. The van der Waals surface area contributed by atoms with Gasteiger partial charge >= 0.3 is 6.16 Å². The first-order valence-electron chi connectivity index (χ1n) is 11.5. The second-order valence-corrected chi connectivity index (χ2v) is 8.46. The van der Waals surface area contributed by atoms with Gasteiger partial charge in [-0.05, 0) is 34.4 Å². The van der Waals surface area contributed by atoms with E-state index < -0.39 is 29.7 Å². The largest absolute Gasteiger partial charge is 0.551 e. The van der Waals surface area contributed by atoms with Crippen LogP contribution in [0.2, 0.25) is 0 Å².